The molecule has 0 saturated carbocycles. The molecule has 0 bridgehead atoms. The van der Waals surface area contributed by atoms with Crippen molar-refractivity contribution in [1.29, 1.82) is 0 Å². The van der Waals surface area contributed by atoms with Crippen molar-refractivity contribution in [1.82, 2.24) is 18.3 Å². The summed E-state index contributed by atoms with van der Waals surface area (Å²) in [6.07, 6.45) is 21.4. The molecule has 14 rings (SSSR count). The summed E-state index contributed by atoms with van der Waals surface area (Å²) in [6, 6.07) is 73.6. The number of halogens is 1. The van der Waals surface area contributed by atoms with Gasteiger partial charge in [0.05, 0.1) is 20.9 Å². The largest absolute Gasteiger partial charge is 0.497 e. The molecule has 0 unspecified atom stereocenters. The minimum absolute atomic E-state index is 0.0468. The Morgan fingerprint density at radius 1 is 0.340 bits per heavy atom. The van der Waals surface area contributed by atoms with Gasteiger partial charge in [0, 0.05) is 146 Å². The van der Waals surface area contributed by atoms with Gasteiger partial charge in [-0.2, -0.15) is 0 Å². The number of unbranched alkanes of at least 4 members (excludes halogenated alkanes) is 8. The Balaban J connectivity index is 0.000000138. The molecule has 0 aliphatic heterocycles. The number of aromatic nitrogens is 4. The second-order valence-electron chi connectivity index (χ2n) is 26.5. The van der Waals surface area contributed by atoms with Crippen molar-refractivity contribution in [2.75, 3.05) is 20.9 Å². The van der Waals surface area contributed by atoms with E-state index in [1.807, 2.05) is 201 Å². The molecule has 4 heterocycles. The van der Waals surface area contributed by atoms with Crippen LogP contribution in [0.15, 0.2) is 249 Å². The first-order valence-corrected chi connectivity index (χ1v) is 36.8. The first-order chi connectivity index (χ1) is 50.5. The maximum absolute atomic E-state index is 13.5. The summed E-state index contributed by atoms with van der Waals surface area (Å²) in [4.78, 5) is 52.8. The number of carbonyl (C=O) groups is 4. The van der Waals surface area contributed by atoms with Crippen LogP contribution >= 0.6 is 0 Å². The van der Waals surface area contributed by atoms with Crippen LogP contribution < -0.4 is 9.47 Å². The lowest BCUT2D eigenvalue weighted by Crippen LogP contribution is -2.04. The third kappa shape index (κ3) is 17.4. The highest BCUT2D eigenvalue weighted by Gasteiger charge is 2.23. The van der Waals surface area contributed by atoms with E-state index in [-0.39, 0.29) is 29.8 Å². The molecule has 0 saturated heterocycles. The molecule has 11 heteroatoms. The van der Waals surface area contributed by atoms with E-state index in [0.29, 0.717) is 18.4 Å². The van der Waals surface area contributed by atoms with Gasteiger partial charge in [-0.15, -0.1) is 0 Å². The number of benzene rings is 10. The predicted octanol–water partition coefficient (Wildman–Crippen LogP) is 23.0. The highest BCUT2D eigenvalue weighted by Crippen LogP contribution is 2.33. The van der Waals surface area contributed by atoms with Crippen molar-refractivity contribution < 1.29 is 33.0 Å². The van der Waals surface area contributed by atoms with E-state index in [4.69, 9.17) is 9.47 Å². The first kappa shape index (κ1) is 73.3. The van der Waals surface area contributed by atoms with Crippen molar-refractivity contribution >= 4 is 88.3 Å². The molecule has 10 nitrogen and oxygen atoms in total. The topological polar surface area (TPSA) is 106 Å². The Labute approximate surface area is 605 Å². The SMILES string of the molecule is CCCCCn1cc(C(=O)Cc2ccccc2OC)c2ccccc21.CCCCCn1cc(C(=O)c2ccc(C)c3ccccc23)c2ccccc21.CCCCCn1cc(C(=O)c2ccc(OC)cc2)c2ccccc21.O=C(c1cccc2ccccc12)c1cn(CCCCCF)c2ccccc12. The van der Waals surface area contributed by atoms with Crippen molar-refractivity contribution in [2.45, 2.75) is 137 Å². The van der Waals surface area contributed by atoms with Gasteiger partial charge in [0.2, 0.25) is 0 Å². The van der Waals surface area contributed by atoms with Gasteiger partial charge in [-0.05, 0) is 127 Å². The maximum Gasteiger partial charge on any atom is 0.195 e. The van der Waals surface area contributed by atoms with E-state index in [0.717, 1.165) is 174 Å². The van der Waals surface area contributed by atoms with Gasteiger partial charge in [0.25, 0.3) is 0 Å². The lowest BCUT2D eigenvalue weighted by molar-refractivity contribution is 0.0990. The Morgan fingerprint density at radius 2 is 0.738 bits per heavy atom. The monoisotopic (exact) mass is 1370 g/mol. The van der Waals surface area contributed by atoms with Gasteiger partial charge in [0.15, 0.2) is 23.1 Å². The number of alkyl halides is 1. The van der Waals surface area contributed by atoms with Crippen LogP contribution in [0.1, 0.15) is 167 Å². The van der Waals surface area contributed by atoms with Crippen LogP contribution in [-0.2, 0) is 32.6 Å². The number of nitrogens with zero attached hydrogens (tertiary/aromatic N) is 4. The summed E-state index contributed by atoms with van der Waals surface area (Å²) in [5.74, 6) is 1.87. The zero-order valence-corrected chi connectivity index (χ0v) is 60.5. The average molecular weight is 1370 g/mol. The number of aryl methyl sites for hydroxylation is 5. The van der Waals surface area contributed by atoms with Crippen LogP contribution in [0, 0.1) is 6.92 Å². The minimum Gasteiger partial charge on any atom is -0.497 e. The molecular formula is C92H95FN4O6. The van der Waals surface area contributed by atoms with Crippen molar-refractivity contribution in [3.05, 3.63) is 299 Å². The number of ether oxygens (including phenoxy) is 2. The molecule has 0 aliphatic rings. The standard InChI is InChI=1S/C25H25NO.C24H22FNO.C22H25NO2.C21H23NO2/c1-3-4-9-16-26-17-23(21-12-7-8-13-24(21)26)25(27)22-15-14-18(2)19-10-5-6-11-20(19)22;25-15-6-1-7-16-26-17-22(20-12-4-5-14-23(20)26)24(27)21-13-8-10-18-9-2-3-11-19(18)21;1-3-4-9-14-23-16-19(18-11-6-7-12-20(18)23)21(24)15-17-10-5-8-13-22(17)25-2;1-3-4-7-14-22-15-19(18-8-5-6-9-20(18)22)21(23)16-10-12-17(24-2)13-11-16/h5-8,10-15,17H,3-4,9,16H2,1-2H3;2-5,8-14,17H,1,6-7,15-16H2;5-8,10-13,16H,3-4,9,14-15H2,1-2H3;5-6,8-13,15H,3-4,7,14H2,1-2H3. The summed E-state index contributed by atoms with van der Waals surface area (Å²) in [6.45, 7) is 12.1. The van der Waals surface area contributed by atoms with Crippen LogP contribution in [0.5, 0.6) is 11.5 Å². The molecule has 0 N–H and O–H groups in total. The summed E-state index contributed by atoms with van der Waals surface area (Å²) in [7, 11) is 3.27. The number of carbonyl (C=O) groups excluding carboxylic acids is 4. The average Bonchev–Trinajstić information content (AvgIpc) is 1.71. The molecule has 103 heavy (non-hydrogen) atoms. The van der Waals surface area contributed by atoms with Crippen LogP contribution in [0.25, 0.3) is 65.2 Å². The van der Waals surface area contributed by atoms with Crippen LogP contribution in [0.3, 0.4) is 0 Å². The van der Waals surface area contributed by atoms with Crippen molar-refractivity contribution in [3.8, 4) is 11.5 Å². The number of ketones is 4. The first-order valence-electron chi connectivity index (χ1n) is 36.8. The molecule has 10 aromatic carbocycles. The van der Waals surface area contributed by atoms with E-state index in [1.54, 1.807) is 14.2 Å². The Morgan fingerprint density at radius 3 is 1.22 bits per heavy atom. The molecule has 0 radical (unpaired) electrons. The Hall–Kier alpha value is -10.9. The normalized spacial score (nSPS) is 11.1. The number of hydrogen-bond donors (Lipinski definition) is 0. The number of Topliss-reactive ketones (excluding diaryl/α,β-unsaturated/α-hetero) is 1. The minimum atomic E-state index is -0.267. The zero-order chi connectivity index (χ0) is 72.0. The molecule has 14 aromatic rings. The Bertz CT molecular complexity index is 5200. The van der Waals surface area contributed by atoms with Crippen LogP contribution in [0.2, 0.25) is 0 Å². The van der Waals surface area contributed by atoms with E-state index < -0.39 is 0 Å². The molecule has 526 valence electrons. The zero-order valence-electron chi connectivity index (χ0n) is 60.5. The molecule has 0 fully saturated rings. The summed E-state index contributed by atoms with van der Waals surface area (Å²) >= 11 is 0. The predicted molar refractivity (Wildman–Crippen MR) is 423 cm³/mol. The van der Waals surface area contributed by atoms with Gasteiger partial charge in [-0.3, -0.25) is 23.6 Å². The highest BCUT2D eigenvalue weighted by molar-refractivity contribution is 6.23. The highest BCUT2D eigenvalue weighted by atomic mass is 19.1. The maximum atomic E-state index is 13.5. The number of rotatable bonds is 28. The van der Waals surface area contributed by atoms with Crippen molar-refractivity contribution in [3.63, 3.8) is 0 Å². The molecule has 0 spiro atoms. The van der Waals surface area contributed by atoms with E-state index >= 15 is 0 Å². The molecular weight excluding hydrogens is 1280 g/mol. The summed E-state index contributed by atoms with van der Waals surface area (Å²) < 4.78 is 31.7. The smallest absolute Gasteiger partial charge is 0.195 e. The van der Waals surface area contributed by atoms with Gasteiger partial charge in [-0.1, -0.05) is 229 Å². The third-order valence-corrected chi connectivity index (χ3v) is 19.5. The van der Waals surface area contributed by atoms with Crippen LogP contribution in [-0.4, -0.2) is 62.3 Å². The second kappa shape index (κ2) is 36.1. The molecule has 0 atom stereocenters. The number of fused-ring (bicyclic) bond motifs is 6. The second-order valence-corrected chi connectivity index (χ2v) is 26.5. The van der Waals surface area contributed by atoms with Gasteiger partial charge >= 0.3 is 0 Å². The quantitative estimate of drug-likeness (QED) is 0.0357. The summed E-state index contributed by atoms with van der Waals surface area (Å²) in [5.41, 5.74) is 11.9. The molecule has 0 amide bonds. The van der Waals surface area contributed by atoms with Crippen LogP contribution in [0.4, 0.5) is 4.39 Å². The summed E-state index contributed by atoms with van der Waals surface area (Å²) in [5, 5.41) is 8.31. The fourth-order valence-corrected chi connectivity index (χ4v) is 14.0. The van der Waals surface area contributed by atoms with Gasteiger partial charge < -0.3 is 27.7 Å². The number of para-hydroxylation sites is 5. The lowest BCUT2D eigenvalue weighted by atomic mass is 9.95. The fourth-order valence-electron chi connectivity index (χ4n) is 14.0. The van der Waals surface area contributed by atoms with E-state index in [2.05, 4.69) is 94.6 Å². The van der Waals surface area contributed by atoms with E-state index in [1.165, 1.54) is 44.1 Å². The molecule has 4 aromatic heterocycles. The van der Waals surface area contributed by atoms with Gasteiger partial charge in [-0.25, -0.2) is 0 Å². The fraction of sp³-hybridized carbons (Fsp3) is 0.261. The Kier molecular flexibility index (Phi) is 25.7. The van der Waals surface area contributed by atoms with Gasteiger partial charge in [0.1, 0.15) is 11.5 Å². The molecule has 0 aliphatic carbocycles. The third-order valence-electron chi connectivity index (χ3n) is 19.5. The lowest BCUT2D eigenvalue weighted by Gasteiger charge is -2.08. The van der Waals surface area contributed by atoms with Crippen molar-refractivity contribution in [2.24, 2.45) is 0 Å². The number of methoxy groups -OCH3 is 2. The number of hydrogen-bond acceptors (Lipinski definition) is 6. The van der Waals surface area contributed by atoms with E-state index in [9.17, 15) is 23.6 Å².